The SMILES string of the molecule is CC(C)O.CC(C)O.Cc1cc2ccccc2c(-c2c(O)c(C)cc3ccccc23)c1O.[Ti]. The predicted molar refractivity (Wildman–Crippen MR) is 134 cm³/mol. The largest absolute Gasteiger partial charge is 0.507 e. The standard InChI is InChI=1S/C22H18O2.2C3H8O.Ti/c1-13-11-15-7-3-5-9-17(15)19(21(13)23)20-18-10-6-4-8-16(18)12-14(2)22(20)24;2*1-3(2)4;/h3-12,23-24H,1-2H3;2*3-4H,1-2H3;. The smallest absolute Gasteiger partial charge is 0.127 e. The van der Waals surface area contributed by atoms with Crippen LogP contribution in [0.2, 0.25) is 0 Å². The molecular formula is C28H34O4Ti. The molecule has 0 aliphatic rings. The molecule has 4 nitrogen and oxygen atoms in total. The molecule has 4 aromatic rings. The van der Waals surface area contributed by atoms with Crippen molar-refractivity contribution in [2.45, 2.75) is 53.8 Å². The van der Waals surface area contributed by atoms with E-state index < -0.39 is 0 Å². The van der Waals surface area contributed by atoms with E-state index in [0.717, 1.165) is 32.7 Å². The van der Waals surface area contributed by atoms with Crippen molar-refractivity contribution in [3.05, 3.63) is 71.8 Å². The van der Waals surface area contributed by atoms with E-state index in [9.17, 15) is 10.2 Å². The van der Waals surface area contributed by atoms with E-state index >= 15 is 0 Å². The summed E-state index contributed by atoms with van der Waals surface area (Å²) in [4.78, 5) is 0. The number of benzene rings is 4. The third kappa shape index (κ3) is 7.31. The van der Waals surface area contributed by atoms with Gasteiger partial charge in [-0.25, -0.2) is 0 Å². The molecule has 4 aromatic carbocycles. The van der Waals surface area contributed by atoms with Gasteiger partial charge in [-0.15, -0.1) is 0 Å². The van der Waals surface area contributed by atoms with Crippen molar-refractivity contribution >= 4 is 21.5 Å². The van der Waals surface area contributed by atoms with Crippen LogP contribution in [-0.4, -0.2) is 32.6 Å². The van der Waals surface area contributed by atoms with Crippen molar-refractivity contribution in [1.29, 1.82) is 0 Å². The van der Waals surface area contributed by atoms with Gasteiger partial charge < -0.3 is 20.4 Å². The summed E-state index contributed by atoms with van der Waals surface area (Å²) in [5.74, 6) is 0.444. The van der Waals surface area contributed by atoms with Crippen LogP contribution < -0.4 is 0 Å². The maximum Gasteiger partial charge on any atom is 0.127 e. The fraction of sp³-hybridized carbons (Fsp3) is 0.286. The van der Waals surface area contributed by atoms with E-state index in [0.29, 0.717) is 11.1 Å². The number of aromatic hydroxyl groups is 2. The Morgan fingerprint density at radius 1 is 0.576 bits per heavy atom. The number of hydrogen-bond acceptors (Lipinski definition) is 4. The summed E-state index contributed by atoms with van der Waals surface area (Å²) in [5.41, 5.74) is 2.99. The molecule has 0 heterocycles. The van der Waals surface area contributed by atoms with Gasteiger partial charge in [0.05, 0.1) is 0 Å². The Morgan fingerprint density at radius 2 is 0.848 bits per heavy atom. The van der Waals surface area contributed by atoms with E-state index in [-0.39, 0.29) is 45.4 Å². The molecule has 0 fully saturated rings. The van der Waals surface area contributed by atoms with Crippen molar-refractivity contribution in [3.63, 3.8) is 0 Å². The topological polar surface area (TPSA) is 80.9 Å². The Bertz CT molecular complexity index is 1100. The molecule has 0 spiro atoms. The first-order valence-corrected chi connectivity index (χ1v) is 10.8. The van der Waals surface area contributed by atoms with Crippen molar-refractivity contribution < 1.29 is 42.1 Å². The van der Waals surface area contributed by atoms with Crippen molar-refractivity contribution in [1.82, 2.24) is 0 Å². The van der Waals surface area contributed by atoms with Crippen LogP contribution in [0, 0.1) is 13.8 Å². The van der Waals surface area contributed by atoms with Gasteiger partial charge in [-0.2, -0.15) is 0 Å². The zero-order chi connectivity index (χ0) is 24.0. The quantitative estimate of drug-likeness (QED) is 0.235. The summed E-state index contributed by atoms with van der Waals surface area (Å²) >= 11 is 0. The molecule has 4 rings (SSSR count). The summed E-state index contributed by atoms with van der Waals surface area (Å²) < 4.78 is 0. The fourth-order valence-corrected chi connectivity index (χ4v) is 3.46. The zero-order valence-electron chi connectivity index (χ0n) is 20.2. The van der Waals surface area contributed by atoms with Gasteiger partial charge >= 0.3 is 0 Å². The second-order valence-electron chi connectivity index (χ2n) is 8.46. The first-order valence-electron chi connectivity index (χ1n) is 10.8. The van der Waals surface area contributed by atoms with Gasteiger partial charge in [0, 0.05) is 45.1 Å². The minimum absolute atomic E-state index is 0. The van der Waals surface area contributed by atoms with Crippen LogP contribution in [0.3, 0.4) is 0 Å². The molecule has 0 atom stereocenters. The molecular weight excluding hydrogens is 448 g/mol. The third-order valence-corrected chi connectivity index (χ3v) is 4.67. The zero-order valence-corrected chi connectivity index (χ0v) is 21.8. The van der Waals surface area contributed by atoms with Crippen LogP contribution in [0.15, 0.2) is 60.7 Å². The van der Waals surface area contributed by atoms with Gasteiger partial charge in [0.2, 0.25) is 0 Å². The molecule has 0 aliphatic heterocycles. The Labute approximate surface area is 211 Å². The van der Waals surface area contributed by atoms with E-state index in [1.807, 2.05) is 74.5 Å². The van der Waals surface area contributed by atoms with Gasteiger partial charge in [-0.1, -0.05) is 48.5 Å². The second kappa shape index (κ2) is 12.8. The first kappa shape index (κ1) is 28.7. The molecule has 33 heavy (non-hydrogen) atoms. The number of aliphatic hydroxyl groups is 2. The van der Waals surface area contributed by atoms with Crippen molar-refractivity contribution in [2.24, 2.45) is 0 Å². The van der Waals surface area contributed by atoms with Crippen molar-refractivity contribution in [3.8, 4) is 22.6 Å². The molecule has 4 N–H and O–H groups in total. The minimum atomic E-state index is -0.167. The second-order valence-corrected chi connectivity index (χ2v) is 8.46. The van der Waals surface area contributed by atoms with E-state index in [1.165, 1.54) is 0 Å². The molecule has 0 amide bonds. The van der Waals surface area contributed by atoms with Gasteiger partial charge in [0.25, 0.3) is 0 Å². The van der Waals surface area contributed by atoms with E-state index in [1.54, 1.807) is 27.7 Å². The Hall–Kier alpha value is -2.37. The number of phenolic OH excluding ortho intramolecular Hbond substituents is 2. The van der Waals surface area contributed by atoms with Crippen LogP contribution in [0.5, 0.6) is 11.5 Å². The molecule has 0 unspecified atom stereocenters. The first-order chi connectivity index (χ1) is 15.0. The molecule has 0 radical (unpaired) electrons. The minimum Gasteiger partial charge on any atom is -0.507 e. The number of aryl methyl sites for hydroxylation is 2. The number of aliphatic hydroxyl groups excluding tert-OH is 2. The van der Waals surface area contributed by atoms with Crippen LogP contribution in [0.25, 0.3) is 32.7 Å². The maximum absolute atomic E-state index is 10.8. The molecule has 174 valence electrons. The van der Waals surface area contributed by atoms with E-state index in [4.69, 9.17) is 10.2 Å². The van der Waals surface area contributed by atoms with Gasteiger partial charge in [0.1, 0.15) is 11.5 Å². The normalized spacial score (nSPS) is 10.4. The van der Waals surface area contributed by atoms with Gasteiger partial charge in [-0.05, 0) is 86.3 Å². The monoisotopic (exact) mass is 482 g/mol. The average molecular weight is 482 g/mol. The Kier molecular flexibility index (Phi) is 11.1. The molecule has 0 aromatic heterocycles. The summed E-state index contributed by atoms with van der Waals surface area (Å²) in [7, 11) is 0. The Balaban J connectivity index is 0.000000529. The molecule has 0 bridgehead atoms. The molecule has 0 saturated heterocycles. The van der Waals surface area contributed by atoms with Crippen LogP contribution >= 0.6 is 0 Å². The van der Waals surface area contributed by atoms with Crippen LogP contribution in [0.1, 0.15) is 38.8 Å². The van der Waals surface area contributed by atoms with Crippen LogP contribution in [-0.2, 0) is 21.7 Å². The maximum atomic E-state index is 10.8. The van der Waals surface area contributed by atoms with Crippen LogP contribution in [0.4, 0.5) is 0 Å². The number of fused-ring (bicyclic) bond motifs is 2. The number of rotatable bonds is 1. The average Bonchev–Trinajstić information content (AvgIpc) is 2.70. The number of hydrogen-bond donors (Lipinski definition) is 4. The molecule has 5 heteroatoms. The third-order valence-electron chi connectivity index (χ3n) is 4.67. The summed E-state index contributed by atoms with van der Waals surface area (Å²) in [5, 5.41) is 41.7. The van der Waals surface area contributed by atoms with Crippen molar-refractivity contribution in [2.75, 3.05) is 0 Å². The van der Waals surface area contributed by atoms with E-state index in [2.05, 4.69) is 0 Å². The summed E-state index contributed by atoms with van der Waals surface area (Å²) in [6.45, 7) is 10.7. The van der Waals surface area contributed by atoms with Gasteiger partial charge in [0.15, 0.2) is 0 Å². The number of phenols is 2. The summed E-state index contributed by atoms with van der Waals surface area (Å²) in [6, 6.07) is 19.9. The Morgan fingerprint density at radius 3 is 1.15 bits per heavy atom. The predicted octanol–water partition coefficient (Wildman–Crippen LogP) is 6.46. The molecule has 0 saturated carbocycles. The fourth-order valence-electron chi connectivity index (χ4n) is 3.46. The molecule has 0 aliphatic carbocycles. The van der Waals surface area contributed by atoms with Gasteiger partial charge in [-0.3, -0.25) is 0 Å². The summed E-state index contributed by atoms with van der Waals surface area (Å²) in [6.07, 6.45) is -0.333.